The van der Waals surface area contributed by atoms with Crippen LogP contribution in [0.3, 0.4) is 0 Å². The van der Waals surface area contributed by atoms with E-state index in [9.17, 15) is 14.0 Å². The normalized spacial score (nSPS) is 16.1. The molecule has 150 valence electrons. The maximum absolute atomic E-state index is 14.1. The van der Waals surface area contributed by atoms with Crippen LogP contribution in [0.5, 0.6) is 0 Å². The van der Waals surface area contributed by atoms with E-state index in [1.54, 1.807) is 23.6 Å². The van der Waals surface area contributed by atoms with Crippen molar-refractivity contribution in [3.05, 3.63) is 57.4 Å². The number of halogens is 3. The Labute approximate surface area is 184 Å². The second-order valence-electron chi connectivity index (χ2n) is 6.62. The van der Waals surface area contributed by atoms with Crippen LogP contribution in [0.1, 0.15) is 23.8 Å². The molecule has 0 fully saturated rings. The number of aryl methyl sites for hydroxylation is 1. The van der Waals surface area contributed by atoms with E-state index in [1.165, 1.54) is 23.9 Å². The quantitative estimate of drug-likeness (QED) is 0.323. The summed E-state index contributed by atoms with van der Waals surface area (Å²) >= 11 is 10.8. The average Bonchev–Trinajstić information content (AvgIpc) is 2.98. The third-order valence-electron chi connectivity index (χ3n) is 4.83. The first-order valence-corrected chi connectivity index (χ1v) is 11.0. The number of hydrogen-bond acceptors (Lipinski definition) is 4. The first-order chi connectivity index (χ1) is 13.9. The van der Waals surface area contributed by atoms with Crippen LogP contribution in [-0.2, 0) is 16.1 Å². The van der Waals surface area contributed by atoms with Gasteiger partial charge in [-0.05, 0) is 65.7 Å². The number of ketones is 1. The lowest BCUT2D eigenvalue weighted by Crippen LogP contribution is -2.33. The number of nitrogens with zero attached hydrogens (tertiary/aromatic N) is 1. The molecule has 1 aliphatic heterocycles. The van der Waals surface area contributed by atoms with Crippen molar-refractivity contribution in [2.75, 3.05) is 6.61 Å². The van der Waals surface area contributed by atoms with Gasteiger partial charge in [0, 0.05) is 26.3 Å². The summed E-state index contributed by atoms with van der Waals surface area (Å²) in [5.74, 6) is -2.05. The lowest BCUT2D eigenvalue weighted by molar-refractivity contribution is -0.146. The molecule has 0 saturated heterocycles. The Morgan fingerprint density at radius 3 is 2.76 bits per heavy atom. The van der Waals surface area contributed by atoms with Crippen LogP contribution in [0.4, 0.5) is 4.39 Å². The van der Waals surface area contributed by atoms with E-state index in [2.05, 4.69) is 15.9 Å². The largest absolute Gasteiger partial charge is 0.465 e. The standard InChI is InChI=1S/C21H16BrClFNO3S/c1-2-28-21(27)14-7-8-25-16-10-12(24)9-15(22)17(16)20(18(25)19(14)26)29-13-5-3-11(23)4-6-13/h3-6,9-10,14H,2,7-8H2,1H3. The fourth-order valence-corrected chi connectivity index (χ4v) is 5.59. The maximum Gasteiger partial charge on any atom is 0.316 e. The summed E-state index contributed by atoms with van der Waals surface area (Å²) in [6, 6.07) is 10.1. The Kier molecular flexibility index (Phi) is 5.73. The van der Waals surface area contributed by atoms with E-state index < -0.39 is 17.7 Å². The third-order valence-corrected chi connectivity index (χ3v) is 6.82. The summed E-state index contributed by atoms with van der Waals surface area (Å²) in [5.41, 5.74) is 1.04. The number of hydrogen-bond donors (Lipinski definition) is 0. The Morgan fingerprint density at radius 1 is 1.34 bits per heavy atom. The van der Waals surface area contributed by atoms with Crippen LogP contribution in [0.25, 0.3) is 10.9 Å². The lowest BCUT2D eigenvalue weighted by atomic mass is 9.94. The van der Waals surface area contributed by atoms with Gasteiger partial charge < -0.3 is 9.30 Å². The van der Waals surface area contributed by atoms with Gasteiger partial charge in [0.25, 0.3) is 0 Å². The van der Waals surface area contributed by atoms with Crippen LogP contribution >= 0.6 is 39.3 Å². The van der Waals surface area contributed by atoms with Crippen molar-refractivity contribution >= 4 is 61.9 Å². The van der Waals surface area contributed by atoms with Crippen LogP contribution in [0.15, 0.2) is 50.7 Å². The first-order valence-electron chi connectivity index (χ1n) is 9.06. The zero-order valence-electron chi connectivity index (χ0n) is 15.4. The topological polar surface area (TPSA) is 48.3 Å². The molecular formula is C21H16BrClFNO3S. The summed E-state index contributed by atoms with van der Waals surface area (Å²) in [6.45, 7) is 2.36. The minimum absolute atomic E-state index is 0.217. The van der Waals surface area contributed by atoms with Gasteiger partial charge in [0.2, 0.25) is 0 Å². The maximum atomic E-state index is 14.1. The number of aromatic nitrogens is 1. The molecule has 2 heterocycles. The molecule has 0 aliphatic carbocycles. The molecule has 3 aromatic rings. The van der Waals surface area contributed by atoms with Gasteiger partial charge in [-0.1, -0.05) is 23.4 Å². The van der Waals surface area contributed by atoms with E-state index in [-0.39, 0.29) is 12.4 Å². The molecule has 4 rings (SSSR count). The predicted octanol–water partition coefficient (Wildman–Crippen LogP) is 6.11. The fourth-order valence-electron chi connectivity index (χ4n) is 3.58. The Bertz CT molecular complexity index is 1130. The summed E-state index contributed by atoms with van der Waals surface area (Å²) in [7, 11) is 0. The van der Waals surface area contributed by atoms with Gasteiger partial charge in [0.15, 0.2) is 5.78 Å². The molecule has 0 saturated carbocycles. The molecule has 0 radical (unpaired) electrons. The molecule has 0 spiro atoms. The minimum Gasteiger partial charge on any atom is -0.465 e. The molecule has 29 heavy (non-hydrogen) atoms. The smallest absolute Gasteiger partial charge is 0.316 e. The summed E-state index contributed by atoms with van der Waals surface area (Å²) in [6.07, 6.45) is 0.327. The monoisotopic (exact) mass is 495 g/mol. The van der Waals surface area contributed by atoms with E-state index in [0.29, 0.717) is 38.6 Å². The highest BCUT2D eigenvalue weighted by Gasteiger charge is 2.38. The Hall–Kier alpha value is -1.83. The van der Waals surface area contributed by atoms with Crippen molar-refractivity contribution < 1.29 is 18.7 Å². The van der Waals surface area contributed by atoms with Crippen molar-refractivity contribution in [3.8, 4) is 0 Å². The van der Waals surface area contributed by atoms with Gasteiger partial charge in [-0.3, -0.25) is 9.59 Å². The molecule has 8 heteroatoms. The van der Waals surface area contributed by atoms with E-state index in [1.807, 2.05) is 12.1 Å². The Balaban J connectivity index is 1.90. The number of Topliss-reactive ketones (excluding diaryl/α,β-unsaturated/α-hetero) is 1. The van der Waals surface area contributed by atoms with E-state index in [0.717, 1.165) is 10.3 Å². The van der Waals surface area contributed by atoms with Gasteiger partial charge in [0.05, 0.1) is 17.0 Å². The highest BCUT2D eigenvalue weighted by atomic mass is 79.9. The Morgan fingerprint density at radius 2 is 2.07 bits per heavy atom. The van der Waals surface area contributed by atoms with Crippen LogP contribution < -0.4 is 0 Å². The molecule has 0 N–H and O–H groups in total. The molecular weight excluding hydrogens is 481 g/mol. The first kappa shape index (κ1) is 20.4. The summed E-state index contributed by atoms with van der Waals surface area (Å²) in [5, 5.41) is 1.36. The molecule has 1 atom stereocenters. The van der Waals surface area contributed by atoms with Crippen molar-refractivity contribution in [3.63, 3.8) is 0 Å². The molecule has 1 unspecified atom stereocenters. The van der Waals surface area contributed by atoms with Gasteiger partial charge in [-0.25, -0.2) is 4.39 Å². The van der Waals surface area contributed by atoms with Crippen LogP contribution in [-0.4, -0.2) is 22.9 Å². The average molecular weight is 497 g/mol. The van der Waals surface area contributed by atoms with Gasteiger partial charge in [-0.2, -0.15) is 0 Å². The number of carbonyl (C=O) groups excluding carboxylic acids is 2. The summed E-state index contributed by atoms with van der Waals surface area (Å²) in [4.78, 5) is 27.2. The SMILES string of the molecule is CCOC(=O)C1CCn2c(c(Sc3ccc(Cl)cc3)c3c(Br)cc(F)cc32)C1=O. The van der Waals surface area contributed by atoms with Crippen LogP contribution in [0.2, 0.25) is 5.02 Å². The van der Waals surface area contributed by atoms with Gasteiger partial charge in [-0.15, -0.1) is 0 Å². The number of fused-ring (bicyclic) bond motifs is 3. The predicted molar refractivity (Wildman–Crippen MR) is 114 cm³/mol. The number of esters is 1. The third kappa shape index (κ3) is 3.71. The van der Waals surface area contributed by atoms with Crippen molar-refractivity contribution in [2.24, 2.45) is 5.92 Å². The van der Waals surface area contributed by atoms with Gasteiger partial charge >= 0.3 is 5.97 Å². The van der Waals surface area contributed by atoms with Crippen molar-refractivity contribution in [2.45, 2.75) is 29.7 Å². The number of carbonyl (C=O) groups is 2. The fraction of sp³-hybridized carbons (Fsp3) is 0.238. The zero-order chi connectivity index (χ0) is 20.7. The molecule has 2 aromatic carbocycles. The lowest BCUT2D eigenvalue weighted by Gasteiger charge is -2.23. The zero-order valence-corrected chi connectivity index (χ0v) is 18.5. The van der Waals surface area contributed by atoms with Crippen molar-refractivity contribution in [1.82, 2.24) is 4.57 Å². The highest BCUT2D eigenvalue weighted by Crippen LogP contribution is 2.44. The number of ether oxygens (including phenoxy) is 1. The molecule has 1 aromatic heterocycles. The minimum atomic E-state index is -0.847. The second kappa shape index (κ2) is 8.13. The van der Waals surface area contributed by atoms with E-state index in [4.69, 9.17) is 16.3 Å². The van der Waals surface area contributed by atoms with Crippen LogP contribution in [0, 0.1) is 11.7 Å². The van der Waals surface area contributed by atoms with Gasteiger partial charge in [0.1, 0.15) is 17.4 Å². The second-order valence-corrected chi connectivity index (χ2v) is 9.00. The van der Waals surface area contributed by atoms with Crippen molar-refractivity contribution in [1.29, 1.82) is 0 Å². The molecule has 0 amide bonds. The molecule has 0 bridgehead atoms. The number of benzene rings is 2. The highest BCUT2D eigenvalue weighted by molar-refractivity contribution is 9.10. The summed E-state index contributed by atoms with van der Waals surface area (Å²) < 4.78 is 21.6. The van der Waals surface area contributed by atoms with E-state index >= 15 is 0 Å². The molecule has 4 nitrogen and oxygen atoms in total. The number of rotatable bonds is 4. The molecule has 1 aliphatic rings.